The lowest BCUT2D eigenvalue weighted by Gasteiger charge is -2.12. The lowest BCUT2D eigenvalue weighted by molar-refractivity contribution is 0.523. The van der Waals surface area contributed by atoms with Crippen LogP contribution in [0.2, 0.25) is 0 Å². The van der Waals surface area contributed by atoms with Crippen LogP contribution in [0.3, 0.4) is 0 Å². The molecular formula is C15H22. The molecule has 0 amide bonds. The first-order chi connectivity index (χ1) is 7.03. The number of hydrogen-bond donors (Lipinski definition) is 0. The maximum atomic E-state index is 2.47. The van der Waals surface area contributed by atoms with Crippen molar-refractivity contribution in [1.29, 1.82) is 0 Å². The van der Waals surface area contributed by atoms with E-state index in [1.165, 1.54) is 25.7 Å². The first-order valence-electron chi connectivity index (χ1n) is 6.42. The standard InChI is InChI=1S/C15H22/c1-9-6-8-12-14(15(12,3)4)13-10(2)5-7-11(9)13/h12,14H,5-8H2,1-4H3/t12-,14-/m1/s1. The molecule has 3 aliphatic rings. The molecule has 1 fully saturated rings. The van der Waals surface area contributed by atoms with Crippen molar-refractivity contribution in [3.63, 3.8) is 0 Å². The smallest absolute Gasteiger partial charge is 0.00718 e. The Morgan fingerprint density at radius 3 is 2.47 bits per heavy atom. The Labute approximate surface area is 93.5 Å². The Morgan fingerprint density at radius 2 is 1.73 bits per heavy atom. The molecule has 0 heteroatoms. The van der Waals surface area contributed by atoms with Gasteiger partial charge in [0.05, 0.1) is 0 Å². The molecule has 1 saturated carbocycles. The van der Waals surface area contributed by atoms with Gasteiger partial charge in [0.2, 0.25) is 0 Å². The zero-order valence-corrected chi connectivity index (χ0v) is 10.5. The maximum absolute atomic E-state index is 2.47. The second kappa shape index (κ2) is 2.78. The third kappa shape index (κ3) is 1.14. The van der Waals surface area contributed by atoms with Crippen LogP contribution in [0, 0.1) is 17.3 Å². The number of rotatable bonds is 0. The third-order valence-corrected chi connectivity index (χ3v) is 5.24. The van der Waals surface area contributed by atoms with Gasteiger partial charge in [0.15, 0.2) is 0 Å². The summed E-state index contributed by atoms with van der Waals surface area (Å²) in [7, 11) is 0. The SMILES string of the molecule is CC1=C2CCC(C)=C2[C@H]2[C@@H](CC1)C2(C)C. The molecule has 0 aliphatic heterocycles. The van der Waals surface area contributed by atoms with Crippen molar-refractivity contribution in [2.24, 2.45) is 17.3 Å². The zero-order valence-electron chi connectivity index (χ0n) is 10.5. The molecule has 0 radical (unpaired) electrons. The van der Waals surface area contributed by atoms with Gasteiger partial charge in [-0.3, -0.25) is 0 Å². The largest absolute Gasteiger partial charge is 0.0698 e. The number of hydrogen-bond acceptors (Lipinski definition) is 0. The van der Waals surface area contributed by atoms with E-state index in [-0.39, 0.29) is 0 Å². The Morgan fingerprint density at radius 1 is 1.00 bits per heavy atom. The highest BCUT2D eigenvalue weighted by molar-refractivity contribution is 5.50. The van der Waals surface area contributed by atoms with Crippen molar-refractivity contribution in [2.75, 3.05) is 0 Å². The van der Waals surface area contributed by atoms with Crippen molar-refractivity contribution < 1.29 is 0 Å². The highest BCUT2D eigenvalue weighted by Gasteiger charge is 2.60. The van der Waals surface area contributed by atoms with E-state index in [0.717, 1.165) is 11.8 Å². The fourth-order valence-electron chi connectivity index (χ4n) is 4.11. The van der Waals surface area contributed by atoms with Gasteiger partial charge in [-0.05, 0) is 67.9 Å². The molecular weight excluding hydrogens is 180 g/mol. The van der Waals surface area contributed by atoms with Gasteiger partial charge in [-0.2, -0.15) is 0 Å². The molecule has 0 heterocycles. The molecule has 0 aromatic carbocycles. The normalized spacial score (nSPS) is 37.6. The summed E-state index contributed by atoms with van der Waals surface area (Å²) < 4.78 is 0. The molecule has 3 aliphatic carbocycles. The van der Waals surface area contributed by atoms with E-state index in [1.54, 1.807) is 22.3 Å². The summed E-state index contributed by atoms with van der Waals surface area (Å²) in [6.45, 7) is 9.68. The topological polar surface area (TPSA) is 0 Å². The molecule has 0 spiro atoms. The Balaban J connectivity index is 2.10. The van der Waals surface area contributed by atoms with E-state index in [2.05, 4.69) is 27.7 Å². The Hall–Kier alpha value is -0.520. The van der Waals surface area contributed by atoms with Gasteiger partial charge in [-0.1, -0.05) is 25.0 Å². The molecule has 2 atom stereocenters. The fourth-order valence-corrected chi connectivity index (χ4v) is 4.11. The van der Waals surface area contributed by atoms with Gasteiger partial charge in [-0.15, -0.1) is 0 Å². The van der Waals surface area contributed by atoms with Gasteiger partial charge >= 0.3 is 0 Å². The van der Waals surface area contributed by atoms with E-state index < -0.39 is 0 Å². The summed E-state index contributed by atoms with van der Waals surface area (Å²) in [4.78, 5) is 0. The summed E-state index contributed by atoms with van der Waals surface area (Å²) in [6.07, 6.45) is 5.47. The van der Waals surface area contributed by atoms with Crippen LogP contribution in [-0.4, -0.2) is 0 Å². The minimum absolute atomic E-state index is 0.604. The Bertz CT molecular complexity index is 379. The summed E-state index contributed by atoms with van der Waals surface area (Å²) in [6, 6.07) is 0. The summed E-state index contributed by atoms with van der Waals surface area (Å²) in [5.74, 6) is 1.89. The van der Waals surface area contributed by atoms with Crippen molar-refractivity contribution >= 4 is 0 Å². The number of fused-ring (bicyclic) bond motifs is 3. The molecule has 0 bridgehead atoms. The summed E-state index contributed by atoms with van der Waals surface area (Å²) >= 11 is 0. The van der Waals surface area contributed by atoms with Crippen molar-refractivity contribution in [3.8, 4) is 0 Å². The lowest BCUT2D eigenvalue weighted by atomic mass is 9.93. The molecule has 15 heavy (non-hydrogen) atoms. The van der Waals surface area contributed by atoms with Crippen molar-refractivity contribution in [3.05, 3.63) is 22.3 Å². The second-order valence-electron chi connectivity index (χ2n) is 6.40. The van der Waals surface area contributed by atoms with Crippen molar-refractivity contribution in [2.45, 2.75) is 53.4 Å². The highest BCUT2D eigenvalue weighted by Crippen LogP contribution is 2.68. The van der Waals surface area contributed by atoms with Gasteiger partial charge in [0.25, 0.3) is 0 Å². The predicted octanol–water partition coefficient (Wildman–Crippen LogP) is 4.48. The van der Waals surface area contributed by atoms with Gasteiger partial charge < -0.3 is 0 Å². The van der Waals surface area contributed by atoms with Crippen LogP contribution in [0.1, 0.15) is 53.4 Å². The minimum Gasteiger partial charge on any atom is -0.0698 e. The average Bonchev–Trinajstić information content (AvgIpc) is 2.55. The molecule has 0 saturated heterocycles. The first kappa shape index (κ1) is 9.69. The van der Waals surface area contributed by atoms with Crippen LogP contribution in [0.4, 0.5) is 0 Å². The van der Waals surface area contributed by atoms with E-state index in [1.807, 2.05) is 0 Å². The average molecular weight is 202 g/mol. The summed E-state index contributed by atoms with van der Waals surface area (Å²) in [5.41, 5.74) is 7.55. The molecule has 0 nitrogen and oxygen atoms in total. The van der Waals surface area contributed by atoms with Crippen LogP contribution in [0.25, 0.3) is 0 Å². The van der Waals surface area contributed by atoms with Crippen LogP contribution >= 0.6 is 0 Å². The molecule has 3 rings (SSSR count). The monoisotopic (exact) mass is 202 g/mol. The lowest BCUT2D eigenvalue weighted by Crippen LogP contribution is -1.98. The van der Waals surface area contributed by atoms with E-state index in [0.29, 0.717) is 5.41 Å². The fraction of sp³-hybridized carbons (Fsp3) is 0.733. The van der Waals surface area contributed by atoms with Crippen molar-refractivity contribution in [1.82, 2.24) is 0 Å². The molecule has 82 valence electrons. The third-order valence-electron chi connectivity index (χ3n) is 5.24. The highest BCUT2D eigenvalue weighted by atomic mass is 14.6. The van der Waals surface area contributed by atoms with Gasteiger partial charge in [0.1, 0.15) is 0 Å². The second-order valence-corrected chi connectivity index (χ2v) is 6.40. The predicted molar refractivity (Wildman–Crippen MR) is 64.6 cm³/mol. The van der Waals surface area contributed by atoms with Gasteiger partial charge in [0, 0.05) is 0 Å². The minimum atomic E-state index is 0.604. The van der Waals surface area contributed by atoms with Crippen LogP contribution in [0.5, 0.6) is 0 Å². The molecule has 0 N–H and O–H groups in total. The van der Waals surface area contributed by atoms with Crippen LogP contribution < -0.4 is 0 Å². The van der Waals surface area contributed by atoms with Crippen LogP contribution in [0.15, 0.2) is 22.3 Å². The maximum Gasteiger partial charge on any atom is -0.00718 e. The molecule has 0 unspecified atom stereocenters. The van der Waals surface area contributed by atoms with E-state index in [9.17, 15) is 0 Å². The molecule has 0 aromatic heterocycles. The van der Waals surface area contributed by atoms with Gasteiger partial charge in [-0.25, -0.2) is 0 Å². The van der Waals surface area contributed by atoms with Crippen LogP contribution in [-0.2, 0) is 0 Å². The Kier molecular flexibility index (Phi) is 1.80. The number of allylic oxidation sites excluding steroid dienone is 4. The van der Waals surface area contributed by atoms with E-state index >= 15 is 0 Å². The summed E-state index contributed by atoms with van der Waals surface area (Å²) in [5, 5.41) is 0. The molecule has 0 aromatic rings. The van der Waals surface area contributed by atoms with E-state index in [4.69, 9.17) is 0 Å². The zero-order chi connectivity index (χ0) is 10.8. The quantitative estimate of drug-likeness (QED) is 0.543. The first-order valence-corrected chi connectivity index (χ1v) is 6.42.